The molecule has 146 valence electrons. The van der Waals surface area contributed by atoms with Gasteiger partial charge >= 0.3 is 0 Å². The van der Waals surface area contributed by atoms with Crippen LogP contribution in [0.25, 0.3) is 22.0 Å². The van der Waals surface area contributed by atoms with Gasteiger partial charge in [-0.15, -0.1) is 0 Å². The van der Waals surface area contributed by atoms with Crippen molar-refractivity contribution in [3.05, 3.63) is 59.3 Å². The zero-order chi connectivity index (χ0) is 19.9. The van der Waals surface area contributed by atoms with Crippen molar-refractivity contribution in [2.75, 3.05) is 11.5 Å². The van der Waals surface area contributed by atoms with E-state index >= 15 is 0 Å². The van der Waals surface area contributed by atoms with Crippen LogP contribution in [0.15, 0.2) is 42.6 Å². The summed E-state index contributed by atoms with van der Waals surface area (Å²) in [5, 5.41) is 0.909. The third-order valence-corrected chi connectivity index (χ3v) is 7.25. The third kappa shape index (κ3) is 3.44. The molecule has 2 aromatic carbocycles. The maximum absolute atomic E-state index is 12.1. The number of nitrogens with one attached hydrogen (secondary N) is 1. The maximum atomic E-state index is 12.1. The fourth-order valence-corrected chi connectivity index (χ4v) is 5.49. The molecule has 5 N–H and O–H groups in total. The van der Waals surface area contributed by atoms with Gasteiger partial charge in [0, 0.05) is 28.7 Å². The predicted molar refractivity (Wildman–Crippen MR) is 112 cm³/mol. The first kappa shape index (κ1) is 18.7. The molecule has 1 aliphatic rings. The van der Waals surface area contributed by atoms with Crippen LogP contribution < -0.4 is 5.73 Å². The number of benzene rings is 2. The zero-order valence-electron chi connectivity index (χ0n) is 15.2. The standard InChI is InChI=1S/C21H22N2O4S/c22-21(25)18-10-16(15-3-1-2-13(8-15)12-24)9-17-19(11-23-20(17)18)14-4-6-28(26,27)7-5-14/h1-3,8-12,14,23,26-27H,4-7H2,(H2,22,25). The summed E-state index contributed by atoms with van der Waals surface area (Å²) in [4.78, 5) is 26.4. The van der Waals surface area contributed by atoms with E-state index in [-0.39, 0.29) is 5.92 Å². The second kappa shape index (κ2) is 7.09. The summed E-state index contributed by atoms with van der Waals surface area (Å²) in [6.07, 6.45) is 4.06. The summed E-state index contributed by atoms with van der Waals surface area (Å²) < 4.78 is 19.8. The Morgan fingerprint density at radius 1 is 1.14 bits per heavy atom. The molecule has 28 heavy (non-hydrogen) atoms. The van der Waals surface area contributed by atoms with Gasteiger partial charge in [0.1, 0.15) is 6.29 Å². The SMILES string of the molecule is NC(=O)c1cc(-c2cccc(C=O)c2)cc2c(C3CCS(O)(O)CC3)c[nH]c12. The Kier molecular flexibility index (Phi) is 4.74. The van der Waals surface area contributed by atoms with E-state index in [1.165, 1.54) is 0 Å². The molecule has 0 atom stereocenters. The Balaban J connectivity index is 1.84. The van der Waals surface area contributed by atoms with Gasteiger partial charge in [-0.1, -0.05) is 18.2 Å². The summed E-state index contributed by atoms with van der Waals surface area (Å²) in [6.45, 7) is 0. The summed E-state index contributed by atoms with van der Waals surface area (Å²) in [7, 11) is -2.46. The van der Waals surface area contributed by atoms with E-state index in [1.54, 1.807) is 24.3 Å². The summed E-state index contributed by atoms with van der Waals surface area (Å²) in [5.74, 6) is 0.456. The molecule has 2 heterocycles. The second-order valence-electron chi connectivity index (χ2n) is 7.28. The first-order chi connectivity index (χ1) is 13.4. The predicted octanol–water partition coefficient (Wildman–Crippen LogP) is 4.37. The number of hydrogen-bond acceptors (Lipinski definition) is 4. The topological polar surface area (TPSA) is 116 Å². The molecule has 0 spiro atoms. The Morgan fingerprint density at radius 3 is 2.57 bits per heavy atom. The third-order valence-electron chi connectivity index (χ3n) is 5.47. The lowest BCUT2D eigenvalue weighted by atomic mass is 9.90. The van der Waals surface area contributed by atoms with Gasteiger partial charge < -0.3 is 10.7 Å². The van der Waals surface area contributed by atoms with Crippen molar-refractivity contribution in [3.8, 4) is 11.1 Å². The van der Waals surface area contributed by atoms with E-state index < -0.39 is 16.5 Å². The molecule has 1 fully saturated rings. The number of amides is 1. The molecule has 1 aliphatic heterocycles. The van der Waals surface area contributed by atoms with Crippen LogP contribution in [0.5, 0.6) is 0 Å². The largest absolute Gasteiger partial charge is 0.366 e. The fraction of sp³-hybridized carbons (Fsp3) is 0.238. The highest BCUT2D eigenvalue weighted by Crippen LogP contribution is 2.49. The van der Waals surface area contributed by atoms with Gasteiger partial charge in [0.15, 0.2) is 0 Å². The summed E-state index contributed by atoms with van der Waals surface area (Å²) >= 11 is 0. The molecule has 0 aliphatic carbocycles. The number of nitrogens with two attached hydrogens (primary N) is 1. The van der Waals surface area contributed by atoms with Crippen LogP contribution in [0.4, 0.5) is 0 Å². The van der Waals surface area contributed by atoms with Crippen molar-refractivity contribution in [1.29, 1.82) is 0 Å². The number of hydrogen-bond donors (Lipinski definition) is 4. The number of primary amides is 1. The minimum absolute atomic E-state index is 0.186. The Hall–Kier alpha value is -2.61. The van der Waals surface area contributed by atoms with E-state index in [2.05, 4.69) is 4.98 Å². The average molecular weight is 398 g/mol. The van der Waals surface area contributed by atoms with Crippen LogP contribution in [0.3, 0.4) is 0 Å². The molecule has 6 nitrogen and oxygen atoms in total. The van der Waals surface area contributed by atoms with Gasteiger partial charge in [-0.3, -0.25) is 18.7 Å². The molecule has 1 aromatic heterocycles. The quantitative estimate of drug-likeness (QED) is 0.488. The van der Waals surface area contributed by atoms with Crippen molar-refractivity contribution >= 4 is 33.7 Å². The molecule has 7 heteroatoms. The monoisotopic (exact) mass is 398 g/mol. The van der Waals surface area contributed by atoms with Crippen LogP contribution in [0.2, 0.25) is 0 Å². The summed E-state index contributed by atoms with van der Waals surface area (Å²) in [6, 6.07) is 10.9. The smallest absolute Gasteiger partial charge is 0.250 e. The van der Waals surface area contributed by atoms with Gasteiger partial charge in [0.05, 0.1) is 11.1 Å². The number of aldehydes is 1. The van der Waals surface area contributed by atoms with Gasteiger partial charge in [-0.05, 0) is 53.6 Å². The molecule has 0 radical (unpaired) electrons. The van der Waals surface area contributed by atoms with E-state index in [9.17, 15) is 18.7 Å². The number of H-pyrrole nitrogens is 1. The minimum Gasteiger partial charge on any atom is -0.366 e. The molecule has 1 saturated heterocycles. The highest BCUT2D eigenvalue weighted by molar-refractivity contribution is 8.24. The number of rotatable bonds is 4. The van der Waals surface area contributed by atoms with Gasteiger partial charge in [0.2, 0.25) is 0 Å². The first-order valence-electron chi connectivity index (χ1n) is 9.12. The van der Waals surface area contributed by atoms with E-state index in [4.69, 9.17) is 5.73 Å². The van der Waals surface area contributed by atoms with Crippen molar-refractivity contribution in [2.24, 2.45) is 5.73 Å². The van der Waals surface area contributed by atoms with E-state index in [0.717, 1.165) is 28.4 Å². The molecule has 0 bridgehead atoms. The zero-order valence-corrected chi connectivity index (χ0v) is 16.0. The van der Waals surface area contributed by atoms with Crippen LogP contribution in [0, 0.1) is 0 Å². The first-order valence-corrected chi connectivity index (χ1v) is 11.0. The number of aromatic amines is 1. The minimum atomic E-state index is -2.46. The number of aromatic nitrogens is 1. The molecule has 4 rings (SSSR count). The van der Waals surface area contributed by atoms with Gasteiger partial charge in [0.25, 0.3) is 5.91 Å². The number of carbonyl (C=O) groups excluding carboxylic acids is 2. The maximum Gasteiger partial charge on any atom is 0.250 e. The van der Waals surface area contributed by atoms with Crippen LogP contribution in [-0.2, 0) is 0 Å². The fourth-order valence-electron chi connectivity index (χ4n) is 3.96. The van der Waals surface area contributed by atoms with Crippen molar-refractivity contribution in [3.63, 3.8) is 0 Å². The van der Waals surface area contributed by atoms with E-state index in [0.29, 0.717) is 41.0 Å². The lowest BCUT2D eigenvalue weighted by molar-refractivity contribution is 0.100. The van der Waals surface area contributed by atoms with Crippen molar-refractivity contribution in [1.82, 2.24) is 4.98 Å². The Bertz CT molecular complexity index is 1060. The lowest BCUT2D eigenvalue weighted by Gasteiger charge is -2.39. The van der Waals surface area contributed by atoms with Crippen molar-refractivity contribution < 1.29 is 18.7 Å². The average Bonchev–Trinajstić information content (AvgIpc) is 3.11. The lowest BCUT2D eigenvalue weighted by Crippen LogP contribution is -2.19. The van der Waals surface area contributed by atoms with E-state index in [1.807, 2.05) is 18.3 Å². The van der Waals surface area contributed by atoms with Gasteiger partial charge in [-0.25, -0.2) is 0 Å². The molecule has 0 saturated carbocycles. The Morgan fingerprint density at radius 2 is 1.89 bits per heavy atom. The normalized spacial score (nSPS) is 18.1. The van der Waals surface area contributed by atoms with Gasteiger partial charge in [-0.2, -0.15) is 10.6 Å². The highest BCUT2D eigenvalue weighted by Gasteiger charge is 2.27. The number of carbonyl (C=O) groups is 2. The molecule has 1 amide bonds. The van der Waals surface area contributed by atoms with Crippen molar-refractivity contribution in [2.45, 2.75) is 18.8 Å². The molecular formula is C21H22N2O4S. The molecular weight excluding hydrogens is 376 g/mol. The van der Waals surface area contributed by atoms with Crippen LogP contribution >= 0.6 is 10.6 Å². The highest BCUT2D eigenvalue weighted by atomic mass is 32.3. The molecule has 3 aromatic rings. The molecule has 0 unspecified atom stereocenters. The number of fused-ring (bicyclic) bond motifs is 1. The van der Waals surface area contributed by atoms with Crippen LogP contribution in [0.1, 0.15) is 45.0 Å². The summed E-state index contributed by atoms with van der Waals surface area (Å²) in [5.41, 5.74) is 9.98. The second-order valence-corrected chi connectivity index (χ2v) is 9.70. The Labute approximate surface area is 164 Å². The van der Waals surface area contributed by atoms with Crippen LogP contribution in [-0.4, -0.2) is 37.8 Å².